The number of fused-ring (bicyclic) bond motifs is 1. The molecule has 1 aliphatic rings. The standard InChI is InChI=1S/C13H18N4O/c1-8-9(2)15-12-6-11(16-17(12)13(8)18)10-4-3-5-14-7-10/h6,10,14,16H,3-5,7H2,1-2H3. The Morgan fingerprint density at radius 2 is 2.28 bits per heavy atom. The van der Waals surface area contributed by atoms with Gasteiger partial charge >= 0.3 is 0 Å². The van der Waals surface area contributed by atoms with E-state index in [1.807, 2.05) is 19.9 Å². The van der Waals surface area contributed by atoms with Crippen LogP contribution in [0.1, 0.15) is 35.7 Å². The average Bonchev–Trinajstić information content (AvgIpc) is 2.81. The number of piperidine rings is 1. The first-order valence-corrected chi connectivity index (χ1v) is 6.46. The zero-order valence-electron chi connectivity index (χ0n) is 10.8. The van der Waals surface area contributed by atoms with Crippen molar-refractivity contribution in [1.29, 1.82) is 0 Å². The van der Waals surface area contributed by atoms with Crippen LogP contribution in [0, 0.1) is 13.8 Å². The number of nitrogens with one attached hydrogen (secondary N) is 2. The first kappa shape index (κ1) is 11.5. The highest BCUT2D eigenvalue weighted by atomic mass is 16.1. The lowest BCUT2D eigenvalue weighted by Crippen LogP contribution is -2.28. The lowest BCUT2D eigenvalue weighted by Gasteiger charge is -2.21. The molecule has 0 aromatic carbocycles. The highest BCUT2D eigenvalue weighted by molar-refractivity contribution is 5.42. The second kappa shape index (κ2) is 4.24. The lowest BCUT2D eigenvalue weighted by atomic mass is 9.96. The molecule has 5 nitrogen and oxygen atoms in total. The molecule has 1 atom stereocenters. The van der Waals surface area contributed by atoms with E-state index in [1.54, 1.807) is 4.52 Å². The zero-order chi connectivity index (χ0) is 12.7. The number of nitrogens with zero attached hydrogens (tertiary/aromatic N) is 2. The molecule has 96 valence electrons. The molecule has 1 aliphatic heterocycles. The highest BCUT2D eigenvalue weighted by Crippen LogP contribution is 2.22. The van der Waals surface area contributed by atoms with Crippen molar-refractivity contribution in [3.05, 3.63) is 33.4 Å². The van der Waals surface area contributed by atoms with Gasteiger partial charge in [-0.05, 0) is 33.2 Å². The third kappa shape index (κ3) is 1.75. The van der Waals surface area contributed by atoms with Crippen molar-refractivity contribution >= 4 is 5.65 Å². The largest absolute Gasteiger partial charge is 0.316 e. The van der Waals surface area contributed by atoms with Crippen LogP contribution in [0.4, 0.5) is 0 Å². The Labute approximate surface area is 105 Å². The van der Waals surface area contributed by atoms with Crippen LogP contribution < -0.4 is 10.9 Å². The van der Waals surface area contributed by atoms with Gasteiger partial charge in [0.05, 0.1) is 0 Å². The molecule has 18 heavy (non-hydrogen) atoms. The first-order chi connectivity index (χ1) is 8.66. The summed E-state index contributed by atoms with van der Waals surface area (Å²) in [6, 6.07) is 2.01. The molecular weight excluding hydrogens is 228 g/mol. The fourth-order valence-electron chi connectivity index (χ4n) is 2.56. The summed E-state index contributed by atoms with van der Waals surface area (Å²) in [7, 11) is 0. The Balaban J connectivity index is 2.10. The number of rotatable bonds is 1. The summed E-state index contributed by atoms with van der Waals surface area (Å²) in [6.45, 7) is 5.76. The number of hydrogen-bond acceptors (Lipinski definition) is 3. The third-order valence-corrected chi connectivity index (χ3v) is 3.84. The molecule has 0 amide bonds. The fraction of sp³-hybridized carbons (Fsp3) is 0.538. The van der Waals surface area contributed by atoms with Crippen molar-refractivity contribution < 1.29 is 0 Å². The van der Waals surface area contributed by atoms with Gasteiger partial charge in [-0.2, -0.15) is 0 Å². The predicted octanol–water partition coefficient (Wildman–Crippen LogP) is 1.11. The maximum absolute atomic E-state index is 12.1. The second-order valence-corrected chi connectivity index (χ2v) is 5.08. The van der Waals surface area contributed by atoms with E-state index < -0.39 is 0 Å². The zero-order valence-corrected chi connectivity index (χ0v) is 10.8. The van der Waals surface area contributed by atoms with Gasteiger partial charge < -0.3 is 5.32 Å². The molecule has 3 rings (SSSR count). The Kier molecular flexibility index (Phi) is 2.70. The molecule has 1 saturated heterocycles. The number of H-pyrrole nitrogens is 1. The molecule has 5 heteroatoms. The molecule has 1 fully saturated rings. The van der Waals surface area contributed by atoms with Gasteiger partial charge in [-0.15, -0.1) is 0 Å². The number of aromatic nitrogens is 3. The third-order valence-electron chi connectivity index (χ3n) is 3.84. The van der Waals surface area contributed by atoms with Crippen LogP contribution in [0.5, 0.6) is 0 Å². The molecule has 1 unspecified atom stereocenters. The van der Waals surface area contributed by atoms with Crippen molar-refractivity contribution in [2.75, 3.05) is 13.1 Å². The molecule has 0 bridgehead atoms. The van der Waals surface area contributed by atoms with Crippen molar-refractivity contribution in [2.24, 2.45) is 0 Å². The van der Waals surface area contributed by atoms with E-state index in [2.05, 4.69) is 15.4 Å². The Bertz CT molecular complexity index is 634. The van der Waals surface area contributed by atoms with Gasteiger partial charge in [0.1, 0.15) is 0 Å². The maximum atomic E-state index is 12.1. The van der Waals surface area contributed by atoms with Crippen molar-refractivity contribution in [3.63, 3.8) is 0 Å². The smallest absolute Gasteiger partial charge is 0.275 e. The van der Waals surface area contributed by atoms with E-state index in [4.69, 9.17) is 0 Å². The van der Waals surface area contributed by atoms with E-state index in [0.717, 1.165) is 36.5 Å². The van der Waals surface area contributed by atoms with Crippen molar-refractivity contribution in [1.82, 2.24) is 19.9 Å². The highest BCUT2D eigenvalue weighted by Gasteiger charge is 2.18. The van der Waals surface area contributed by atoms with Crippen LogP contribution in [0.3, 0.4) is 0 Å². The van der Waals surface area contributed by atoms with Gasteiger partial charge in [0.25, 0.3) is 5.56 Å². The summed E-state index contributed by atoms with van der Waals surface area (Å²) in [5, 5.41) is 6.59. The fourth-order valence-corrected chi connectivity index (χ4v) is 2.56. The average molecular weight is 246 g/mol. The normalized spacial score (nSPS) is 20.4. The minimum atomic E-state index is 0.00696. The molecule has 2 N–H and O–H groups in total. The van der Waals surface area contributed by atoms with Gasteiger partial charge in [-0.3, -0.25) is 9.89 Å². The molecule has 2 aromatic rings. The Hall–Kier alpha value is -1.62. The van der Waals surface area contributed by atoms with Crippen LogP contribution in [0.2, 0.25) is 0 Å². The minimum Gasteiger partial charge on any atom is -0.316 e. The summed E-state index contributed by atoms with van der Waals surface area (Å²) >= 11 is 0. The number of aryl methyl sites for hydroxylation is 1. The van der Waals surface area contributed by atoms with Crippen molar-refractivity contribution in [3.8, 4) is 0 Å². The molecule has 3 heterocycles. The van der Waals surface area contributed by atoms with E-state index in [1.165, 1.54) is 6.42 Å². The van der Waals surface area contributed by atoms with E-state index in [-0.39, 0.29) is 5.56 Å². The topological polar surface area (TPSA) is 62.2 Å². The van der Waals surface area contributed by atoms with E-state index in [9.17, 15) is 4.79 Å². The summed E-state index contributed by atoms with van der Waals surface area (Å²) < 4.78 is 1.56. The SMILES string of the molecule is Cc1nc2cc(C3CCCNC3)[nH]n2c(=O)c1C. The van der Waals surface area contributed by atoms with Gasteiger partial charge in [0.15, 0.2) is 5.65 Å². The lowest BCUT2D eigenvalue weighted by molar-refractivity contribution is 0.453. The van der Waals surface area contributed by atoms with Crippen molar-refractivity contribution in [2.45, 2.75) is 32.6 Å². The summed E-state index contributed by atoms with van der Waals surface area (Å²) in [5.41, 5.74) is 3.36. The molecular formula is C13H18N4O. The summed E-state index contributed by atoms with van der Waals surface area (Å²) in [4.78, 5) is 16.6. The predicted molar refractivity (Wildman–Crippen MR) is 70.1 cm³/mol. The Morgan fingerprint density at radius 1 is 1.44 bits per heavy atom. The van der Waals surface area contributed by atoms with Crippen LogP contribution in [-0.2, 0) is 0 Å². The molecule has 0 saturated carbocycles. The van der Waals surface area contributed by atoms with Crippen LogP contribution in [0.25, 0.3) is 5.65 Å². The first-order valence-electron chi connectivity index (χ1n) is 6.46. The van der Waals surface area contributed by atoms with Gasteiger partial charge in [0.2, 0.25) is 0 Å². The van der Waals surface area contributed by atoms with Gasteiger partial charge in [0, 0.05) is 35.5 Å². The Morgan fingerprint density at radius 3 is 3.00 bits per heavy atom. The van der Waals surface area contributed by atoms with Gasteiger partial charge in [-0.1, -0.05) is 0 Å². The summed E-state index contributed by atoms with van der Waals surface area (Å²) in [6.07, 6.45) is 2.34. The monoisotopic (exact) mass is 246 g/mol. The van der Waals surface area contributed by atoms with E-state index in [0.29, 0.717) is 11.5 Å². The van der Waals surface area contributed by atoms with Crippen LogP contribution >= 0.6 is 0 Å². The summed E-state index contributed by atoms with van der Waals surface area (Å²) in [5.74, 6) is 0.459. The number of aromatic amines is 1. The molecule has 2 aromatic heterocycles. The quantitative estimate of drug-likeness (QED) is 0.792. The van der Waals surface area contributed by atoms with Crippen LogP contribution in [-0.4, -0.2) is 27.7 Å². The van der Waals surface area contributed by atoms with Gasteiger partial charge in [-0.25, -0.2) is 9.50 Å². The molecule has 0 aliphatic carbocycles. The van der Waals surface area contributed by atoms with Crippen LogP contribution in [0.15, 0.2) is 10.9 Å². The molecule has 0 radical (unpaired) electrons. The number of hydrogen-bond donors (Lipinski definition) is 2. The maximum Gasteiger partial charge on any atom is 0.275 e. The second-order valence-electron chi connectivity index (χ2n) is 5.08. The minimum absolute atomic E-state index is 0.00696. The van der Waals surface area contributed by atoms with E-state index >= 15 is 0 Å². The molecule has 0 spiro atoms.